The van der Waals surface area contributed by atoms with Gasteiger partial charge in [0.05, 0.1) is 12.6 Å². The first-order valence-corrected chi connectivity index (χ1v) is 8.59. The second-order valence-electron chi connectivity index (χ2n) is 6.10. The Morgan fingerprint density at radius 1 is 1.31 bits per heavy atom. The Bertz CT molecular complexity index is 792. The number of pyridine rings is 1. The zero-order chi connectivity index (χ0) is 18.5. The number of hydrogen-bond donors (Lipinski definition) is 2. The van der Waals surface area contributed by atoms with Crippen molar-refractivity contribution in [2.45, 2.75) is 26.3 Å². The van der Waals surface area contributed by atoms with Crippen molar-refractivity contribution in [3.05, 3.63) is 48.2 Å². The monoisotopic (exact) mass is 354 g/mol. The number of hydrogen-bond acceptors (Lipinski definition) is 4. The lowest BCUT2D eigenvalue weighted by Crippen LogP contribution is -2.40. The highest BCUT2D eigenvalue weighted by Gasteiger charge is 2.31. The fraction of sp³-hybridized carbons (Fsp3) is 0.316. The molecule has 0 saturated carbocycles. The minimum absolute atomic E-state index is 0.0199. The predicted octanol–water partition coefficient (Wildman–Crippen LogP) is 2.72. The van der Waals surface area contributed by atoms with Crippen LogP contribution >= 0.6 is 0 Å². The minimum Gasteiger partial charge on any atom is -0.494 e. The number of rotatable bonds is 5. The van der Waals surface area contributed by atoms with E-state index in [2.05, 4.69) is 15.6 Å². The normalized spacial score (nSPS) is 16.5. The molecule has 0 radical (unpaired) electrons. The summed E-state index contributed by atoms with van der Waals surface area (Å²) in [7, 11) is 0. The van der Waals surface area contributed by atoms with Crippen molar-refractivity contribution in [2.24, 2.45) is 0 Å². The largest absolute Gasteiger partial charge is 0.494 e. The van der Waals surface area contributed by atoms with Crippen LogP contribution in [-0.4, -0.2) is 36.1 Å². The second-order valence-corrected chi connectivity index (χ2v) is 6.10. The van der Waals surface area contributed by atoms with Gasteiger partial charge >= 0.3 is 6.03 Å². The average molecular weight is 354 g/mol. The summed E-state index contributed by atoms with van der Waals surface area (Å²) in [5.74, 6) is 1.26. The summed E-state index contributed by atoms with van der Waals surface area (Å²) in [6, 6.07) is 10.4. The lowest BCUT2D eigenvalue weighted by molar-refractivity contribution is -0.117. The van der Waals surface area contributed by atoms with Gasteiger partial charge < -0.3 is 15.0 Å². The number of urea groups is 1. The molecule has 136 valence electrons. The lowest BCUT2D eigenvalue weighted by Gasteiger charge is -2.18. The number of aromatic nitrogens is 1. The SMILES string of the molecule is CCOc1ccc(N2CC(NC(=O)Nc3ncccc3C)CC2=O)cc1. The minimum atomic E-state index is -0.363. The van der Waals surface area contributed by atoms with E-state index in [1.54, 1.807) is 11.1 Å². The standard InChI is InChI=1S/C19H22N4O3/c1-3-26-16-8-6-15(7-9-16)23-12-14(11-17(23)24)21-19(25)22-18-13(2)5-4-10-20-18/h4-10,14H,3,11-12H2,1-2H3,(H2,20,21,22,25). The first kappa shape index (κ1) is 17.7. The smallest absolute Gasteiger partial charge is 0.320 e. The molecular formula is C19H22N4O3. The van der Waals surface area contributed by atoms with Crippen LogP contribution in [0.1, 0.15) is 18.9 Å². The molecule has 3 amide bonds. The molecule has 1 aromatic heterocycles. The third-order valence-corrected chi connectivity index (χ3v) is 4.16. The number of nitrogens with one attached hydrogen (secondary N) is 2. The van der Waals surface area contributed by atoms with E-state index in [0.717, 1.165) is 17.0 Å². The van der Waals surface area contributed by atoms with Gasteiger partial charge in [-0.15, -0.1) is 0 Å². The maximum Gasteiger partial charge on any atom is 0.320 e. The Morgan fingerprint density at radius 3 is 2.77 bits per heavy atom. The molecule has 1 atom stereocenters. The molecular weight excluding hydrogens is 332 g/mol. The van der Waals surface area contributed by atoms with Gasteiger partial charge in [0.15, 0.2) is 0 Å². The van der Waals surface area contributed by atoms with E-state index in [1.807, 2.05) is 50.2 Å². The van der Waals surface area contributed by atoms with E-state index in [9.17, 15) is 9.59 Å². The van der Waals surface area contributed by atoms with E-state index in [1.165, 1.54) is 0 Å². The zero-order valence-electron chi connectivity index (χ0n) is 14.9. The van der Waals surface area contributed by atoms with E-state index >= 15 is 0 Å². The molecule has 2 heterocycles. The Hall–Kier alpha value is -3.09. The van der Waals surface area contributed by atoms with Crippen molar-refractivity contribution in [3.8, 4) is 5.75 Å². The molecule has 1 aromatic carbocycles. The molecule has 1 fully saturated rings. The van der Waals surface area contributed by atoms with Crippen LogP contribution in [0.25, 0.3) is 0 Å². The number of aryl methyl sites for hydroxylation is 1. The summed E-state index contributed by atoms with van der Waals surface area (Å²) in [6.07, 6.45) is 1.89. The molecule has 1 aliphatic heterocycles. The average Bonchev–Trinajstić information content (AvgIpc) is 2.98. The first-order valence-electron chi connectivity index (χ1n) is 8.59. The number of nitrogens with zero attached hydrogens (tertiary/aromatic N) is 2. The van der Waals surface area contributed by atoms with Gasteiger partial charge in [-0.1, -0.05) is 6.07 Å². The van der Waals surface area contributed by atoms with Crippen molar-refractivity contribution >= 4 is 23.4 Å². The Kier molecular flexibility index (Phi) is 5.36. The van der Waals surface area contributed by atoms with Crippen molar-refractivity contribution in [1.29, 1.82) is 0 Å². The molecule has 0 bridgehead atoms. The maximum atomic E-state index is 12.3. The van der Waals surface area contributed by atoms with Gasteiger partial charge in [0, 0.05) is 24.8 Å². The van der Waals surface area contributed by atoms with Gasteiger partial charge in [-0.3, -0.25) is 10.1 Å². The molecule has 3 rings (SSSR count). The zero-order valence-corrected chi connectivity index (χ0v) is 14.9. The molecule has 1 unspecified atom stereocenters. The molecule has 0 aliphatic carbocycles. The van der Waals surface area contributed by atoms with Crippen molar-refractivity contribution < 1.29 is 14.3 Å². The molecule has 7 heteroatoms. The van der Waals surface area contributed by atoms with Gasteiger partial charge in [0.1, 0.15) is 11.6 Å². The summed E-state index contributed by atoms with van der Waals surface area (Å²) < 4.78 is 5.42. The van der Waals surface area contributed by atoms with Crippen LogP contribution in [0.4, 0.5) is 16.3 Å². The third-order valence-electron chi connectivity index (χ3n) is 4.16. The van der Waals surface area contributed by atoms with Crippen LogP contribution in [0.3, 0.4) is 0 Å². The van der Waals surface area contributed by atoms with Crippen molar-refractivity contribution in [2.75, 3.05) is 23.4 Å². The lowest BCUT2D eigenvalue weighted by atomic mass is 10.2. The van der Waals surface area contributed by atoms with Crippen LogP contribution in [0.15, 0.2) is 42.6 Å². The van der Waals surface area contributed by atoms with Gasteiger partial charge in [-0.25, -0.2) is 9.78 Å². The van der Waals surface area contributed by atoms with Gasteiger partial charge in [0.25, 0.3) is 0 Å². The van der Waals surface area contributed by atoms with E-state index in [4.69, 9.17) is 4.74 Å². The van der Waals surface area contributed by atoms with Gasteiger partial charge in [-0.2, -0.15) is 0 Å². The van der Waals surface area contributed by atoms with Crippen LogP contribution in [0.2, 0.25) is 0 Å². The molecule has 1 aliphatic rings. The fourth-order valence-electron chi connectivity index (χ4n) is 2.89. The molecule has 7 nitrogen and oxygen atoms in total. The third kappa shape index (κ3) is 4.11. The molecule has 0 spiro atoms. The Balaban J connectivity index is 1.59. The number of carbonyl (C=O) groups is 2. The summed E-state index contributed by atoms with van der Waals surface area (Å²) in [4.78, 5) is 30.3. The van der Waals surface area contributed by atoms with Crippen LogP contribution < -0.4 is 20.3 Å². The second kappa shape index (κ2) is 7.86. The molecule has 26 heavy (non-hydrogen) atoms. The Labute approximate surface area is 152 Å². The quantitative estimate of drug-likeness (QED) is 0.865. The first-order chi connectivity index (χ1) is 12.6. The topological polar surface area (TPSA) is 83.6 Å². The number of anilines is 2. The number of ether oxygens (including phenoxy) is 1. The maximum absolute atomic E-state index is 12.3. The number of amides is 3. The van der Waals surface area contributed by atoms with Crippen molar-refractivity contribution in [3.63, 3.8) is 0 Å². The highest BCUT2D eigenvalue weighted by molar-refractivity contribution is 5.97. The number of benzene rings is 1. The van der Waals surface area contributed by atoms with Crippen LogP contribution in [0.5, 0.6) is 5.75 Å². The summed E-state index contributed by atoms with van der Waals surface area (Å²) >= 11 is 0. The number of carbonyl (C=O) groups excluding carboxylic acids is 2. The van der Waals surface area contributed by atoms with Crippen molar-refractivity contribution in [1.82, 2.24) is 10.3 Å². The summed E-state index contributed by atoms with van der Waals surface area (Å²) in [5, 5.41) is 5.56. The van der Waals surface area contributed by atoms with Crippen LogP contribution in [-0.2, 0) is 4.79 Å². The predicted molar refractivity (Wildman–Crippen MR) is 99.5 cm³/mol. The Morgan fingerprint density at radius 2 is 2.08 bits per heavy atom. The van der Waals surface area contributed by atoms with E-state index in [0.29, 0.717) is 19.0 Å². The van der Waals surface area contributed by atoms with Crippen LogP contribution in [0, 0.1) is 6.92 Å². The van der Waals surface area contributed by atoms with E-state index < -0.39 is 0 Å². The van der Waals surface area contributed by atoms with Gasteiger partial charge in [-0.05, 0) is 49.7 Å². The van der Waals surface area contributed by atoms with Gasteiger partial charge in [0.2, 0.25) is 5.91 Å². The highest BCUT2D eigenvalue weighted by Crippen LogP contribution is 2.24. The molecule has 2 aromatic rings. The van der Waals surface area contributed by atoms with E-state index in [-0.39, 0.29) is 24.4 Å². The summed E-state index contributed by atoms with van der Waals surface area (Å²) in [6.45, 7) is 4.82. The fourth-order valence-corrected chi connectivity index (χ4v) is 2.89. The molecule has 2 N–H and O–H groups in total. The highest BCUT2D eigenvalue weighted by atomic mass is 16.5. The molecule has 1 saturated heterocycles. The summed E-state index contributed by atoms with van der Waals surface area (Å²) in [5.41, 5.74) is 1.67.